The van der Waals surface area contributed by atoms with Gasteiger partial charge in [0.05, 0.1) is 21.7 Å². The Labute approximate surface area is 239 Å². The molecule has 2 unspecified atom stereocenters. The van der Waals surface area contributed by atoms with Crippen molar-refractivity contribution in [2.75, 3.05) is 37.1 Å². The SMILES string of the molecule is CCNc1c(N(C)N)ccc(C(c2ccc(C)c(CN3CCOc4ccccc4S3=O)c2)C(C)(C)C(=O)O)c1C. The number of carboxylic acids is 1. The number of anilines is 2. The first-order valence-electron chi connectivity index (χ1n) is 13.5. The normalized spacial score (nSPS) is 16.4. The molecule has 0 saturated heterocycles. The molecule has 1 aliphatic heterocycles. The molecule has 1 aliphatic rings. The molecular weight excluding hydrogens is 524 g/mol. The predicted molar refractivity (Wildman–Crippen MR) is 161 cm³/mol. The van der Waals surface area contributed by atoms with Gasteiger partial charge in [0, 0.05) is 32.6 Å². The number of hydrogen-bond donors (Lipinski definition) is 3. The molecule has 3 aromatic carbocycles. The van der Waals surface area contributed by atoms with Crippen LogP contribution in [0.15, 0.2) is 59.5 Å². The highest BCUT2D eigenvalue weighted by atomic mass is 32.2. The zero-order chi connectivity index (χ0) is 29.2. The molecule has 0 amide bonds. The van der Waals surface area contributed by atoms with Crippen molar-refractivity contribution in [2.45, 2.75) is 52.0 Å². The van der Waals surface area contributed by atoms with Crippen LogP contribution >= 0.6 is 0 Å². The second kappa shape index (κ2) is 12.0. The number of hydrazine groups is 1. The molecule has 3 aromatic rings. The smallest absolute Gasteiger partial charge is 0.310 e. The monoisotopic (exact) mass is 564 g/mol. The maximum absolute atomic E-state index is 13.5. The summed E-state index contributed by atoms with van der Waals surface area (Å²) in [6.45, 7) is 11.7. The van der Waals surface area contributed by atoms with Crippen LogP contribution in [0.5, 0.6) is 5.75 Å². The number of carbonyl (C=O) groups is 1. The van der Waals surface area contributed by atoms with Gasteiger partial charge < -0.3 is 20.2 Å². The summed E-state index contributed by atoms with van der Waals surface area (Å²) in [5.41, 5.74) is 5.44. The van der Waals surface area contributed by atoms with Gasteiger partial charge >= 0.3 is 5.97 Å². The van der Waals surface area contributed by atoms with Crippen LogP contribution in [0.4, 0.5) is 11.4 Å². The van der Waals surface area contributed by atoms with Crippen molar-refractivity contribution in [2.24, 2.45) is 11.3 Å². The highest BCUT2D eigenvalue weighted by Crippen LogP contribution is 2.45. The van der Waals surface area contributed by atoms with Gasteiger partial charge in [-0.25, -0.2) is 14.4 Å². The highest BCUT2D eigenvalue weighted by molar-refractivity contribution is 7.82. The quantitative estimate of drug-likeness (QED) is 0.242. The van der Waals surface area contributed by atoms with E-state index in [-0.39, 0.29) is 0 Å². The Kier molecular flexibility index (Phi) is 8.87. The van der Waals surface area contributed by atoms with E-state index in [0.717, 1.165) is 39.2 Å². The molecule has 1 heterocycles. The Hall–Kier alpha value is -3.40. The van der Waals surface area contributed by atoms with Crippen LogP contribution in [0.2, 0.25) is 0 Å². The van der Waals surface area contributed by atoms with Gasteiger partial charge in [-0.1, -0.05) is 36.4 Å². The van der Waals surface area contributed by atoms with Gasteiger partial charge in [-0.3, -0.25) is 4.79 Å². The third-order valence-corrected chi connectivity index (χ3v) is 9.22. The first-order valence-corrected chi connectivity index (χ1v) is 14.6. The molecule has 0 saturated carbocycles. The summed E-state index contributed by atoms with van der Waals surface area (Å²) in [4.78, 5) is 13.3. The minimum Gasteiger partial charge on any atom is -0.491 e. The standard InChI is InChI=1S/C31H40N4O4S/c1-7-33-29-21(3)24(14-15-25(29)34(6)32)28(31(4,5)30(36)37)22-13-12-20(2)23(18-22)19-35-16-17-39-26-10-8-9-11-27(26)40(35)38/h8-15,18,28,33H,7,16-17,19,32H2,1-6H3,(H,36,37). The number of aliphatic carboxylic acids is 1. The molecule has 9 heteroatoms. The highest BCUT2D eigenvalue weighted by Gasteiger charge is 2.40. The second-order valence-electron chi connectivity index (χ2n) is 10.9. The average molecular weight is 565 g/mol. The number of para-hydroxylation sites is 1. The molecule has 0 aliphatic carbocycles. The molecule has 0 fully saturated rings. The van der Waals surface area contributed by atoms with Crippen LogP contribution < -0.4 is 20.9 Å². The lowest BCUT2D eigenvalue weighted by molar-refractivity contribution is -0.147. The van der Waals surface area contributed by atoms with Crippen molar-refractivity contribution in [3.05, 3.63) is 82.4 Å². The number of nitrogens with two attached hydrogens (primary N) is 1. The largest absolute Gasteiger partial charge is 0.491 e. The van der Waals surface area contributed by atoms with E-state index in [9.17, 15) is 14.1 Å². The van der Waals surface area contributed by atoms with Crippen LogP contribution in [0.3, 0.4) is 0 Å². The molecule has 40 heavy (non-hydrogen) atoms. The zero-order valence-electron chi connectivity index (χ0n) is 24.2. The van der Waals surface area contributed by atoms with Gasteiger partial charge in [-0.05, 0) is 80.6 Å². The Bertz CT molecular complexity index is 1420. The maximum Gasteiger partial charge on any atom is 0.310 e. The molecule has 4 rings (SSSR count). The van der Waals surface area contributed by atoms with Gasteiger partial charge in [0.2, 0.25) is 0 Å². The van der Waals surface area contributed by atoms with Gasteiger partial charge in [-0.15, -0.1) is 0 Å². The summed E-state index contributed by atoms with van der Waals surface area (Å²) in [5.74, 6) is 5.44. The van der Waals surface area contributed by atoms with E-state index in [0.29, 0.717) is 36.9 Å². The van der Waals surface area contributed by atoms with E-state index in [2.05, 4.69) is 11.4 Å². The molecular formula is C31H40N4O4S. The number of nitrogens with one attached hydrogen (secondary N) is 1. The summed E-state index contributed by atoms with van der Waals surface area (Å²) in [7, 11) is 0.404. The molecule has 0 bridgehead atoms. The lowest BCUT2D eigenvalue weighted by Crippen LogP contribution is -2.33. The van der Waals surface area contributed by atoms with Gasteiger partial charge in [-0.2, -0.15) is 0 Å². The third-order valence-electron chi connectivity index (χ3n) is 7.73. The third kappa shape index (κ3) is 5.73. The van der Waals surface area contributed by atoms with E-state index in [1.165, 1.54) is 0 Å². The first-order chi connectivity index (χ1) is 19.0. The average Bonchev–Trinajstić information content (AvgIpc) is 3.06. The Morgan fingerprint density at radius 2 is 1.93 bits per heavy atom. The fraction of sp³-hybridized carbons (Fsp3) is 0.387. The van der Waals surface area contributed by atoms with E-state index in [4.69, 9.17) is 10.6 Å². The Balaban J connectivity index is 1.80. The molecule has 0 aromatic heterocycles. The van der Waals surface area contributed by atoms with Gasteiger partial charge in [0.25, 0.3) is 0 Å². The number of aryl methyl sites for hydroxylation is 1. The van der Waals surface area contributed by atoms with Gasteiger partial charge in [0.1, 0.15) is 23.3 Å². The number of fused-ring (bicyclic) bond motifs is 1. The van der Waals surface area contributed by atoms with Crippen molar-refractivity contribution in [3.63, 3.8) is 0 Å². The van der Waals surface area contributed by atoms with E-state index in [1.54, 1.807) is 25.9 Å². The topological polar surface area (TPSA) is 108 Å². The van der Waals surface area contributed by atoms with Crippen molar-refractivity contribution < 1.29 is 18.8 Å². The number of hydrogen-bond acceptors (Lipinski definition) is 6. The molecule has 214 valence electrons. The minimum atomic E-state index is -1.38. The molecule has 4 N–H and O–H groups in total. The molecule has 0 radical (unpaired) electrons. The van der Waals surface area contributed by atoms with Crippen LogP contribution in [-0.2, 0) is 22.3 Å². The molecule has 2 atom stereocenters. The summed E-state index contributed by atoms with van der Waals surface area (Å²) in [5, 5.41) is 15.4. The summed E-state index contributed by atoms with van der Waals surface area (Å²) >= 11 is 0. The van der Waals surface area contributed by atoms with Crippen LogP contribution in [-0.4, -0.2) is 46.3 Å². The summed E-state index contributed by atoms with van der Waals surface area (Å²) in [6, 6.07) is 17.5. The van der Waals surface area contributed by atoms with E-state index in [1.807, 2.05) is 73.6 Å². The van der Waals surface area contributed by atoms with E-state index < -0.39 is 28.3 Å². The van der Waals surface area contributed by atoms with Crippen molar-refractivity contribution in [1.29, 1.82) is 0 Å². The number of benzene rings is 3. The van der Waals surface area contributed by atoms with Gasteiger partial charge in [0.15, 0.2) is 0 Å². The molecule has 0 spiro atoms. The fourth-order valence-corrected chi connectivity index (χ4v) is 6.66. The maximum atomic E-state index is 13.5. The zero-order valence-corrected chi connectivity index (χ0v) is 25.0. The van der Waals surface area contributed by atoms with Crippen molar-refractivity contribution in [3.8, 4) is 5.75 Å². The number of carboxylic acid groups (broad SMARTS) is 1. The Morgan fingerprint density at radius 1 is 1.20 bits per heavy atom. The van der Waals surface area contributed by atoms with Crippen LogP contribution in [0.1, 0.15) is 54.5 Å². The first kappa shape index (κ1) is 29.6. The molecule has 8 nitrogen and oxygen atoms in total. The Morgan fingerprint density at radius 3 is 2.60 bits per heavy atom. The lowest BCUT2D eigenvalue weighted by atomic mass is 9.69. The summed E-state index contributed by atoms with van der Waals surface area (Å²) < 4.78 is 21.3. The van der Waals surface area contributed by atoms with Crippen molar-refractivity contribution >= 4 is 28.3 Å². The lowest BCUT2D eigenvalue weighted by Gasteiger charge is -2.34. The van der Waals surface area contributed by atoms with Crippen LogP contribution in [0, 0.1) is 19.3 Å². The van der Waals surface area contributed by atoms with E-state index >= 15 is 0 Å². The number of nitrogens with zero attached hydrogens (tertiary/aromatic N) is 2. The minimum absolute atomic E-state index is 0.435. The predicted octanol–water partition coefficient (Wildman–Crippen LogP) is 5.21. The number of rotatable bonds is 9. The van der Waals surface area contributed by atoms with Crippen molar-refractivity contribution in [1.82, 2.24) is 4.31 Å². The number of ether oxygens (including phenoxy) is 1. The fourth-order valence-electron chi connectivity index (χ4n) is 5.39. The summed E-state index contributed by atoms with van der Waals surface area (Å²) in [6.07, 6.45) is 0. The second-order valence-corrected chi connectivity index (χ2v) is 12.3. The van der Waals surface area contributed by atoms with Crippen LogP contribution in [0.25, 0.3) is 0 Å².